The van der Waals surface area contributed by atoms with Gasteiger partial charge in [0.25, 0.3) is 0 Å². The summed E-state index contributed by atoms with van der Waals surface area (Å²) in [5.74, 6) is -1.30. The summed E-state index contributed by atoms with van der Waals surface area (Å²) in [5, 5.41) is 27.8. The van der Waals surface area contributed by atoms with Crippen LogP contribution in [0, 0.1) is 6.92 Å². The number of hydrogen-bond donors (Lipinski definition) is 3. The van der Waals surface area contributed by atoms with E-state index in [9.17, 15) is 15.0 Å². The van der Waals surface area contributed by atoms with Crippen molar-refractivity contribution in [1.29, 1.82) is 0 Å². The molecule has 0 spiro atoms. The molecule has 1 atom stereocenters. The van der Waals surface area contributed by atoms with Crippen LogP contribution in [0.2, 0.25) is 0 Å². The van der Waals surface area contributed by atoms with Crippen molar-refractivity contribution in [2.24, 2.45) is 0 Å². The van der Waals surface area contributed by atoms with Gasteiger partial charge in [0.15, 0.2) is 5.60 Å². The van der Waals surface area contributed by atoms with Crippen molar-refractivity contribution in [3.63, 3.8) is 0 Å². The van der Waals surface area contributed by atoms with E-state index in [1.165, 1.54) is 13.0 Å². The minimum absolute atomic E-state index is 0.00197. The van der Waals surface area contributed by atoms with E-state index in [2.05, 4.69) is 0 Å². The number of phenolic OH excluding ortho intramolecular Hbond substituents is 1. The molecule has 1 aromatic rings. The molecule has 0 bridgehead atoms. The average molecular weight is 210 g/mol. The number of carboxylic acid groups (broad SMARTS) is 1. The van der Waals surface area contributed by atoms with Crippen molar-refractivity contribution in [3.8, 4) is 5.75 Å². The van der Waals surface area contributed by atoms with E-state index < -0.39 is 11.6 Å². The van der Waals surface area contributed by atoms with Gasteiger partial charge < -0.3 is 15.3 Å². The lowest BCUT2D eigenvalue weighted by Crippen LogP contribution is -2.37. The van der Waals surface area contributed by atoms with Crippen LogP contribution in [-0.2, 0) is 11.2 Å². The Bertz CT molecular complexity index is 382. The highest BCUT2D eigenvalue weighted by Crippen LogP contribution is 2.23. The minimum Gasteiger partial charge on any atom is -0.508 e. The maximum atomic E-state index is 10.7. The number of carbonyl (C=O) groups is 1. The highest BCUT2D eigenvalue weighted by atomic mass is 16.4. The fourth-order valence-corrected chi connectivity index (χ4v) is 1.30. The smallest absolute Gasteiger partial charge is 0.335 e. The summed E-state index contributed by atoms with van der Waals surface area (Å²) in [5.41, 5.74) is -0.517. The second kappa shape index (κ2) is 3.90. The Kier molecular flexibility index (Phi) is 3.00. The molecule has 0 aromatic heterocycles. The van der Waals surface area contributed by atoms with Gasteiger partial charge in [0.1, 0.15) is 5.75 Å². The summed E-state index contributed by atoms with van der Waals surface area (Å²) in [7, 11) is 0. The molecule has 0 saturated heterocycles. The first kappa shape index (κ1) is 11.5. The lowest BCUT2D eigenvalue weighted by atomic mass is 9.95. The number of aromatic hydroxyl groups is 1. The van der Waals surface area contributed by atoms with E-state index in [-0.39, 0.29) is 12.2 Å². The first-order valence-electron chi connectivity index (χ1n) is 4.57. The third-order valence-electron chi connectivity index (χ3n) is 2.23. The topological polar surface area (TPSA) is 77.8 Å². The van der Waals surface area contributed by atoms with Crippen LogP contribution in [0.3, 0.4) is 0 Å². The Morgan fingerprint density at radius 2 is 2.07 bits per heavy atom. The maximum Gasteiger partial charge on any atom is 0.335 e. The van der Waals surface area contributed by atoms with Crippen LogP contribution < -0.4 is 0 Å². The van der Waals surface area contributed by atoms with Crippen LogP contribution in [0.5, 0.6) is 5.75 Å². The molecule has 4 nitrogen and oxygen atoms in total. The van der Waals surface area contributed by atoms with Crippen LogP contribution in [0.1, 0.15) is 18.1 Å². The third-order valence-corrected chi connectivity index (χ3v) is 2.23. The summed E-state index contributed by atoms with van der Waals surface area (Å²) in [6, 6.07) is 4.86. The van der Waals surface area contributed by atoms with Crippen molar-refractivity contribution in [2.45, 2.75) is 25.9 Å². The molecule has 0 fully saturated rings. The van der Waals surface area contributed by atoms with E-state index in [1.807, 2.05) is 6.92 Å². The highest BCUT2D eigenvalue weighted by Gasteiger charge is 2.30. The molecule has 0 aliphatic rings. The predicted molar refractivity (Wildman–Crippen MR) is 54.8 cm³/mol. The number of aliphatic hydroxyl groups is 1. The first-order chi connectivity index (χ1) is 6.83. The second-order valence-corrected chi connectivity index (χ2v) is 3.89. The van der Waals surface area contributed by atoms with Crippen LogP contribution in [0.4, 0.5) is 0 Å². The maximum absolute atomic E-state index is 10.7. The fourth-order valence-electron chi connectivity index (χ4n) is 1.30. The molecule has 1 rings (SSSR count). The number of hydrogen-bond acceptors (Lipinski definition) is 3. The van der Waals surface area contributed by atoms with Gasteiger partial charge in [-0.25, -0.2) is 4.79 Å². The van der Waals surface area contributed by atoms with Gasteiger partial charge in [0, 0.05) is 6.42 Å². The van der Waals surface area contributed by atoms with Gasteiger partial charge in [-0.05, 0) is 25.5 Å². The number of carboxylic acids is 1. The van der Waals surface area contributed by atoms with Crippen molar-refractivity contribution >= 4 is 5.97 Å². The zero-order valence-electron chi connectivity index (χ0n) is 8.69. The fraction of sp³-hybridized carbons (Fsp3) is 0.364. The first-order valence-corrected chi connectivity index (χ1v) is 4.57. The molecule has 1 aromatic carbocycles. The molecule has 1 unspecified atom stereocenters. The zero-order chi connectivity index (χ0) is 11.6. The normalized spacial score (nSPS) is 14.6. The number of aliphatic carboxylic acids is 1. The van der Waals surface area contributed by atoms with Gasteiger partial charge in [-0.15, -0.1) is 0 Å². The molecule has 0 aliphatic carbocycles. The lowest BCUT2D eigenvalue weighted by Gasteiger charge is -2.18. The predicted octanol–water partition coefficient (Wildman–Crippen LogP) is 1.08. The van der Waals surface area contributed by atoms with E-state index >= 15 is 0 Å². The van der Waals surface area contributed by atoms with Gasteiger partial charge in [0.2, 0.25) is 0 Å². The Labute approximate surface area is 87.8 Å². The van der Waals surface area contributed by atoms with Crippen molar-refractivity contribution in [3.05, 3.63) is 29.3 Å². The third kappa shape index (κ3) is 2.70. The average Bonchev–Trinajstić information content (AvgIpc) is 2.10. The number of rotatable bonds is 3. The Morgan fingerprint density at radius 3 is 2.60 bits per heavy atom. The van der Waals surface area contributed by atoms with Crippen molar-refractivity contribution < 1.29 is 20.1 Å². The summed E-state index contributed by atoms with van der Waals surface area (Å²) in [4.78, 5) is 10.7. The molecule has 0 saturated carbocycles. The minimum atomic E-state index is -1.86. The monoisotopic (exact) mass is 210 g/mol. The van der Waals surface area contributed by atoms with Crippen LogP contribution in [-0.4, -0.2) is 26.9 Å². The van der Waals surface area contributed by atoms with Gasteiger partial charge >= 0.3 is 5.97 Å². The highest BCUT2D eigenvalue weighted by molar-refractivity contribution is 5.77. The molecular weight excluding hydrogens is 196 g/mol. The standard InChI is InChI=1S/C11H14O4/c1-7-3-4-9(12)8(5-7)6-11(2,15)10(13)14/h3-5,12,15H,6H2,1-2H3,(H,13,14). The molecule has 15 heavy (non-hydrogen) atoms. The molecule has 3 N–H and O–H groups in total. The largest absolute Gasteiger partial charge is 0.508 e. The van der Waals surface area contributed by atoms with Gasteiger partial charge in [-0.1, -0.05) is 17.7 Å². The SMILES string of the molecule is Cc1ccc(O)c(CC(C)(O)C(=O)O)c1. The van der Waals surface area contributed by atoms with E-state index in [0.717, 1.165) is 5.56 Å². The Balaban J connectivity index is 2.99. The van der Waals surface area contributed by atoms with Gasteiger partial charge in [-0.2, -0.15) is 0 Å². The van der Waals surface area contributed by atoms with Crippen LogP contribution in [0.25, 0.3) is 0 Å². The number of benzene rings is 1. The summed E-state index contributed by atoms with van der Waals surface area (Å²) in [6.45, 7) is 3.04. The molecular formula is C11H14O4. The lowest BCUT2D eigenvalue weighted by molar-refractivity contribution is -0.156. The van der Waals surface area contributed by atoms with Gasteiger partial charge in [-0.3, -0.25) is 0 Å². The van der Waals surface area contributed by atoms with Crippen LogP contribution >= 0.6 is 0 Å². The molecule has 4 heteroatoms. The molecule has 0 aliphatic heterocycles. The number of aryl methyl sites for hydroxylation is 1. The summed E-state index contributed by atoms with van der Waals surface area (Å²) >= 11 is 0. The Morgan fingerprint density at radius 1 is 1.47 bits per heavy atom. The summed E-state index contributed by atoms with van der Waals surface area (Å²) in [6.07, 6.45) is -0.115. The molecule has 82 valence electrons. The quantitative estimate of drug-likeness (QED) is 0.697. The van der Waals surface area contributed by atoms with E-state index in [1.54, 1.807) is 12.1 Å². The van der Waals surface area contributed by atoms with Crippen LogP contribution in [0.15, 0.2) is 18.2 Å². The zero-order valence-corrected chi connectivity index (χ0v) is 8.69. The van der Waals surface area contributed by atoms with E-state index in [4.69, 9.17) is 5.11 Å². The number of phenols is 1. The van der Waals surface area contributed by atoms with E-state index in [0.29, 0.717) is 5.56 Å². The molecule has 0 amide bonds. The van der Waals surface area contributed by atoms with Crippen molar-refractivity contribution in [1.82, 2.24) is 0 Å². The summed E-state index contributed by atoms with van der Waals surface area (Å²) < 4.78 is 0. The van der Waals surface area contributed by atoms with Crippen molar-refractivity contribution in [2.75, 3.05) is 0 Å². The van der Waals surface area contributed by atoms with Gasteiger partial charge in [0.05, 0.1) is 0 Å². The second-order valence-electron chi connectivity index (χ2n) is 3.89. The Hall–Kier alpha value is -1.55. The molecule has 0 heterocycles. The molecule has 0 radical (unpaired) electrons.